The number of nitrogens with zero attached hydrogens (tertiary/aromatic N) is 3. The third-order valence-corrected chi connectivity index (χ3v) is 4.34. The van der Waals surface area contributed by atoms with Crippen LogP contribution in [-0.2, 0) is 6.54 Å². The van der Waals surface area contributed by atoms with Gasteiger partial charge in [0.25, 0.3) is 0 Å². The molecule has 114 valence electrons. The molecule has 21 heavy (non-hydrogen) atoms. The lowest BCUT2D eigenvalue weighted by atomic mass is 10.2. The summed E-state index contributed by atoms with van der Waals surface area (Å²) < 4.78 is 15.6. The standard InChI is InChI=1S/C16H22FN3O/c1-12(19-7-2-3-8-19)16-18-14-11-13(17)5-6-15(14)20(16)9-4-10-21/h5-6,11-12,21H,2-4,7-10H2,1H3. The topological polar surface area (TPSA) is 41.3 Å². The van der Waals surface area contributed by atoms with E-state index in [2.05, 4.69) is 21.4 Å². The van der Waals surface area contributed by atoms with Crippen molar-refractivity contribution in [3.63, 3.8) is 0 Å². The highest BCUT2D eigenvalue weighted by molar-refractivity contribution is 5.76. The molecule has 0 spiro atoms. The molecule has 1 aliphatic heterocycles. The summed E-state index contributed by atoms with van der Waals surface area (Å²) in [6.07, 6.45) is 3.15. The Morgan fingerprint density at radius 3 is 2.81 bits per heavy atom. The molecule has 4 nitrogen and oxygen atoms in total. The van der Waals surface area contributed by atoms with Gasteiger partial charge in [0.05, 0.1) is 17.1 Å². The van der Waals surface area contributed by atoms with Crippen molar-refractivity contribution in [1.82, 2.24) is 14.5 Å². The predicted molar refractivity (Wildman–Crippen MR) is 80.6 cm³/mol. The van der Waals surface area contributed by atoms with Crippen LogP contribution in [0.1, 0.15) is 38.1 Å². The van der Waals surface area contributed by atoms with E-state index < -0.39 is 0 Å². The summed E-state index contributed by atoms with van der Waals surface area (Å²) in [5, 5.41) is 9.12. The van der Waals surface area contributed by atoms with E-state index in [4.69, 9.17) is 5.11 Å². The molecule has 5 heteroatoms. The fourth-order valence-electron chi connectivity index (χ4n) is 3.20. The van der Waals surface area contributed by atoms with E-state index in [0.29, 0.717) is 18.5 Å². The van der Waals surface area contributed by atoms with Gasteiger partial charge in [0.15, 0.2) is 0 Å². The Labute approximate surface area is 124 Å². The average Bonchev–Trinajstić information content (AvgIpc) is 3.11. The highest BCUT2D eigenvalue weighted by Crippen LogP contribution is 2.28. The summed E-state index contributed by atoms with van der Waals surface area (Å²) in [4.78, 5) is 7.09. The van der Waals surface area contributed by atoms with Crippen molar-refractivity contribution in [1.29, 1.82) is 0 Å². The van der Waals surface area contributed by atoms with Crippen LogP contribution in [0, 0.1) is 5.82 Å². The summed E-state index contributed by atoms with van der Waals surface area (Å²) in [6.45, 7) is 5.22. The third kappa shape index (κ3) is 2.80. The van der Waals surface area contributed by atoms with E-state index in [1.54, 1.807) is 6.07 Å². The highest BCUT2D eigenvalue weighted by atomic mass is 19.1. The van der Waals surface area contributed by atoms with Gasteiger partial charge in [0.2, 0.25) is 0 Å². The maximum Gasteiger partial charge on any atom is 0.127 e. The van der Waals surface area contributed by atoms with Crippen molar-refractivity contribution >= 4 is 11.0 Å². The van der Waals surface area contributed by atoms with Crippen LogP contribution in [0.5, 0.6) is 0 Å². The minimum Gasteiger partial charge on any atom is -0.396 e. The minimum atomic E-state index is -0.255. The number of rotatable bonds is 5. The molecular formula is C16H22FN3O. The predicted octanol–water partition coefficient (Wildman–Crippen LogP) is 2.71. The number of benzene rings is 1. The molecular weight excluding hydrogens is 269 g/mol. The summed E-state index contributed by atoms with van der Waals surface area (Å²) >= 11 is 0. The molecule has 0 bridgehead atoms. The first kappa shape index (κ1) is 14.5. The largest absolute Gasteiger partial charge is 0.396 e. The van der Waals surface area contributed by atoms with Crippen molar-refractivity contribution in [2.45, 2.75) is 38.8 Å². The SMILES string of the molecule is CC(c1nc2cc(F)ccc2n1CCCO)N1CCCC1. The number of hydrogen-bond acceptors (Lipinski definition) is 3. The summed E-state index contributed by atoms with van der Waals surface area (Å²) in [7, 11) is 0. The molecule has 1 aromatic carbocycles. The molecule has 1 N–H and O–H groups in total. The lowest BCUT2D eigenvalue weighted by Gasteiger charge is -2.24. The Bertz CT molecular complexity index is 619. The summed E-state index contributed by atoms with van der Waals surface area (Å²) in [5.74, 6) is 0.723. The Balaban J connectivity index is 2.02. The number of imidazole rings is 1. The van der Waals surface area contributed by atoms with E-state index >= 15 is 0 Å². The highest BCUT2D eigenvalue weighted by Gasteiger charge is 2.24. The summed E-state index contributed by atoms with van der Waals surface area (Å²) in [6, 6.07) is 4.98. The van der Waals surface area contributed by atoms with Crippen LogP contribution in [0.25, 0.3) is 11.0 Å². The normalized spacial score (nSPS) is 17.7. The zero-order chi connectivity index (χ0) is 14.8. The molecule has 1 saturated heterocycles. The number of aryl methyl sites for hydroxylation is 1. The molecule has 0 aliphatic carbocycles. The molecule has 3 rings (SSSR count). The fourth-order valence-corrected chi connectivity index (χ4v) is 3.20. The van der Waals surface area contributed by atoms with Gasteiger partial charge in [0.1, 0.15) is 11.6 Å². The molecule has 0 radical (unpaired) electrons. The lowest BCUT2D eigenvalue weighted by molar-refractivity contribution is 0.243. The number of fused-ring (bicyclic) bond motifs is 1. The van der Waals surface area contributed by atoms with Gasteiger partial charge in [-0.2, -0.15) is 0 Å². The fraction of sp³-hybridized carbons (Fsp3) is 0.562. The number of hydrogen-bond donors (Lipinski definition) is 1. The molecule has 1 aromatic heterocycles. The van der Waals surface area contributed by atoms with Gasteiger partial charge >= 0.3 is 0 Å². The van der Waals surface area contributed by atoms with Crippen LogP contribution >= 0.6 is 0 Å². The summed E-state index contributed by atoms with van der Waals surface area (Å²) in [5.41, 5.74) is 1.65. The van der Waals surface area contributed by atoms with E-state index in [9.17, 15) is 4.39 Å². The van der Waals surface area contributed by atoms with E-state index in [-0.39, 0.29) is 18.5 Å². The second-order valence-corrected chi connectivity index (χ2v) is 5.75. The van der Waals surface area contributed by atoms with Crippen molar-refractivity contribution in [2.75, 3.05) is 19.7 Å². The number of halogens is 1. The lowest BCUT2D eigenvalue weighted by Crippen LogP contribution is -2.26. The van der Waals surface area contributed by atoms with Crippen LogP contribution in [0.2, 0.25) is 0 Å². The molecule has 0 saturated carbocycles. The zero-order valence-corrected chi connectivity index (χ0v) is 12.4. The van der Waals surface area contributed by atoms with Crippen molar-refractivity contribution in [3.05, 3.63) is 29.8 Å². The molecule has 2 heterocycles. The molecule has 1 aliphatic rings. The van der Waals surface area contributed by atoms with Gasteiger partial charge in [-0.1, -0.05) is 0 Å². The van der Waals surface area contributed by atoms with Gasteiger partial charge < -0.3 is 9.67 Å². The van der Waals surface area contributed by atoms with E-state index in [0.717, 1.165) is 24.4 Å². The van der Waals surface area contributed by atoms with Gasteiger partial charge in [-0.25, -0.2) is 9.37 Å². The first-order chi connectivity index (χ1) is 10.2. The molecule has 0 amide bonds. The molecule has 1 unspecified atom stereocenters. The Hall–Kier alpha value is -1.46. The Morgan fingerprint density at radius 1 is 1.33 bits per heavy atom. The monoisotopic (exact) mass is 291 g/mol. The smallest absolute Gasteiger partial charge is 0.127 e. The molecule has 1 atom stereocenters. The van der Waals surface area contributed by atoms with Crippen LogP contribution in [0.15, 0.2) is 18.2 Å². The first-order valence-electron chi connectivity index (χ1n) is 7.71. The zero-order valence-electron chi connectivity index (χ0n) is 12.4. The van der Waals surface area contributed by atoms with Crippen molar-refractivity contribution < 1.29 is 9.50 Å². The van der Waals surface area contributed by atoms with Crippen molar-refractivity contribution in [2.24, 2.45) is 0 Å². The van der Waals surface area contributed by atoms with Crippen molar-refractivity contribution in [3.8, 4) is 0 Å². The third-order valence-electron chi connectivity index (χ3n) is 4.34. The average molecular weight is 291 g/mol. The first-order valence-corrected chi connectivity index (χ1v) is 7.71. The number of aliphatic hydroxyl groups is 1. The van der Waals surface area contributed by atoms with Crippen LogP contribution < -0.4 is 0 Å². The Kier molecular flexibility index (Phi) is 4.22. The second kappa shape index (κ2) is 6.12. The van der Waals surface area contributed by atoms with Gasteiger partial charge in [-0.3, -0.25) is 4.90 Å². The van der Waals surface area contributed by atoms with E-state index in [1.165, 1.54) is 25.0 Å². The number of aliphatic hydroxyl groups excluding tert-OH is 1. The quantitative estimate of drug-likeness (QED) is 0.921. The maximum absolute atomic E-state index is 13.4. The van der Waals surface area contributed by atoms with Gasteiger partial charge in [-0.15, -0.1) is 0 Å². The van der Waals surface area contributed by atoms with Gasteiger partial charge in [0, 0.05) is 19.2 Å². The molecule has 2 aromatic rings. The second-order valence-electron chi connectivity index (χ2n) is 5.75. The van der Waals surface area contributed by atoms with Crippen LogP contribution in [-0.4, -0.2) is 39.3 Å². The van der Waals surface area contributed by atoms with E-state index in [1.807, 2.05) is 0 Å². The number of likely N-dealkylation sites (tertiary alicyclic amines) is 1. The maximum atomic E-state index is 13.4. The molecule has 1 fully saturated rings. The van der Waals surface area contributed by atoms with Crippen LogP contribution in [0.3, 0.4) is 0 Å². The van der Waals surface area contributed by atoms with Crippen LogP contribution in [0.4, 0.5) is 4.39 Å². The van der Waals surface area contributed by atoms with Gasteiger partial charge in [-0.05, 0) is 51.4 Å². The number of aromatic nitrogens is 2. The Morgan fingerprint density at radius 2 is 2.10 bits per heavy atom. The minimum absolute atomic E-state index is 0.151.